The van der Waals surface area contributed by atoms with Crippen molar-refractivity contribution in [1.29, 1.82) is 0 Å². The highest BCUT2D eigenvalue weighted by molar-refractivity contribution is 9.10. The van der Waals surface area contributed by atoms with E-state index in [0.29, 0.717) is 10.9 Å². The number of hydrogen-bond donors (Lipinski definition) is 2. The molecule has 1 aromatic heterocycles. The Morgan fingerprint density at radius 2 is 2.06 bits per heavy atom. The third kappa shape index (κ3) is 2.53. The number of thioether (sulfide) groups is 1. The summed E-state index contributed by atoms with van der Waals surface area (Å²) >= 11 is 4.72. The van der Waals surface area contributed by atoms with Crippen LogP contribution in [-0.4, -0.2) is 27.3 Å². The van der Waals surface area contributed by atoms with E-state index in [4.69, 9.17) is 5.11 Å². The highest BCUT2D eigenvalue weighted by Gasteiger charge is 2.17. The van der Waals surface area contributed by atoms with Gasteiger partial charge in [-0.05, 0) is 18.4 Å². The van der Waals surface area contributed by atoms with Crippen molar-refractivity contribution in [3.63, 3.8) is 0 Å². The highest BCUT2D eigenvalue weighted by atomic mass is 79.9. The third-order valence-electron chi connectivity index (χ3n) is 2.21. The normalized spacial score (nSPS) is 10.5. The first-order valence-electron chi connectivity index (χ1n) is 4.75. The second-order valence-corrected chi connectivity index (χ2v) is 4.99. The number of nitrogens with one attached hydrogen (secondary N) is 1. The standard InChI is InChI=1S/C11H9BrN2O2S/c1-17-11-13-8(9(14-11)10(15)16)6-2-4-7(12)5-3-6/h2-5H,1H3,(H,13,14)(H,15,16). The van der Waals surface area contributed by atoms with Gasteiger partial charge in [0, 0.05) is 10.0 Å². The number of carboxylic acids is 1. The van der Waals surface area contributed by atoms with Gasteiger partial charge in [-0.1, -0.05) is 39.8 Å². The summed E-state index contributed by atoms with van der Waals surface area (Å²) in [5.41, 5.74) is 1.37. The lowest BCUT2D eigenvalue weighted by Gasteiger charge is -1.98. The van der Waals surface area contributed by atoms with Crippen molar-refractivity contribution in [2.24, 2.45) is 0 Å². The van der Waals surface area contributed by atoms with Gasteiger partial charge in [0.25, 0.3) is 0 Å². The largest absolute Gasteiger partial charge is 0.477 e. The summed E-state index contributed by atoms with van der Waals surface area (Å²) in [7, 11) is 0. The number of H-pyrrole nitrogens is 1. The number of imidazole rings is 1. The number of carboxylic acid groups (broad SMARTS) is 1. The molecule has 0 spiro atoms. The average Bonchev–Trinajstić information content (AvgIpc) is 2.74. The van der Waals surface area contributed by atoms with Gasteiger partial charge in [0.1, 0.15) is 5.69 Å². The molecule has 0 amide bonds. The molecule has 1 heterocycles. The minimum Gasteiger partial charge on any atom is -0.477 e. The van der Waals surface area contributed by atoms with E-state index in [1.807, 2.05) is 30.5 Å². The molecule has 88 valence electrons. The molecule has 0 aliphatic heterocycles. The van der Waals surface area contributed by atoms with Crippen molar-refractivity contribution in [2.75, 3.05) is 6.26 Å². The van der Waals surface area contributed by atoms with Crippen LogP contribution in [0, 0.1) is 0 Å². The molecule has 0 saturated heterocycles. The summed E-state index contributed by atoms with van der Waals surface area (Å²) in [4.78, 5) is 18.1. The average molecular weight is 313 g/mol. The zero-order valence-corrected chi connectivity index (χ0v) is 11.3. The fourth-order valence-corrected chi connectivity index (χ4v) is 2.07. The fraction of sp³-hybridized carbons (Fsp3) is 0.0909. The molecular formula is C11H9BrN2O2S. The minimum absolute atomic E-state index is 0.122. The van der Waals surface area contributed by atoms with Crippen molar-refractivity contribution in [3.8, 4) is 11.3 Å². The first kappa shape index (κ1) is 12.2. The second kappa shape index (κ2) is 4.93. The van der Waals surface area contributed by atoms with Crippen molar-refractivity contribution in [2.45, 2.75) is 5.16 Å². The maximum absolute atomic E-state index is 11.1. The van der Waals surface area contributed by atoms with E-state index in [1.165, 1.54) is 11.8 Å². The summed E-state index contributed by atoms with van der Waals surface area (Å²) in [6.07, 6.45) is 1.84. The number of halogens is 1. The molecule has 0 fully saturated rings. The lowest BCUT2D eigenvalue weighted by Crippen LogP contribution is -1.99. The quantitative estimate of drug-likeness (QED) is 0.854. The Kier molecular flexibility index (Phi) is 3.54. The molecule has 2 aromatic rings. The van der Waals surface area contributed by atoms with E-state index in [-0.39, 0.29) is 5.69 Å². The molecule has 2 N–H and O–H groups in total. The van der Waals surface area contributed by atoms with Gasteiger partial charge in [0.2, 0.25) is 0 Å². The van der Waals surface area contributed by atoms with E-state index in [9.17, 15) is 4.79 Å². The number of nitrogens with zero attached hydrogens (tertiary/aromatic N) is 1. The van der Waals surface area contributed by atoms with Gasteiger partial charge >= 0.3 is 5.97 Å². The molecular weight excluding hydrogens is 304 g/mol. The number of aromatic amines is 1. The molecule has 0 aliphatic rings. The van der Waals surface area contributed by atoms with E-state index in [0.717, 1.165) is 10.0 Å². The first-order valence-corrected chi connectivity index (χ1v) is 6.77. The molecule has 4 nitrogen and oxygen atoms in total. The molecule has 0 saturated carbocycles. The van der Waals surface area contributed by atoms with Crippen LogP contribution in [0.25, 0.3) is 11.3 Å². The topological polar surface area (TPSA) is 66.0 Å². The summed E-state index contributed by atoms with van der Waals surface area (Å²) in [6, 6.07) is 7.37. The molecule has 0 aliphatic carbocycles. The van der Waals surface area contributed by atoms with Crippen LogP contribution in [-0.2, 0) is 0 Å². The number of carbonyl (C=O) groups is 1. The molecule has 1 aromatic carbocycles. The van der Waals surface area contributed by atoms with Gasteiger partial charge in [-0.3, -0.25) is 0 Å². The van der Waals surface area contributed by atoms with Crippen molar-refractivity contribution >= 4 is 33.7 Å². The maximum Gasteiger partial charge on any atom is 0.354 e. The Balaban J connectivity index is 2.53. The summed E-state index contributed by atoms with van der Waals surface area (Å²) < 4.78 is 0.943. The number of aromatic nitrogens is 2. The van der Waals surface area contributed by atoms with Gasteiger partial charge in [-0.25, -0.2) is 9.78 Å². The van der Waals surface area contributed by atoms with Gasteiger partial charge in [-0.2, -0.15) is 0 Å². The Morgan fingerprint density at radius 3 is 2.59 bits per heavy atom. The molecule has 0 radical (unpaired) electrons. The lowest BCUT2D eigenvalue weighted by atomic mass is 10.1. The third-order valence-corrected chi connectivity index (χ3v) is 3.32. The number of benzene rings is 1. The van der Waals surface area contributed by atoms with Crippen LogP contribution in [0.1, 0.15) is 10.5 Å². The zero-order chi connectivity index (χ0) is 12.4. The number of rotatable bonds is 3. The molecule has 0 bridgehead atoms. The van der Waals surface area contributed by atoms with E-state index < -0.39 is 5.97 Å². The molecule has 0 unspecified atom stereocenters. The summed E-state index contributed by atoms with van der Waals surface area (Å²) in [5, 5.41) is 9.70. The van der Waals surface area contributed by atoms with Crippen LogP contribution >= 0.6 is 27.7 Å². The summed E-state index contributed by atoms with van der Waals surface area (Å²) in [6.45, 7) is 0. The monoisotopic (exact) mass is 312 g/mol. The molecule has 2 rings (SSSR count). The SMILES string of the molecule is CSc1nc(-c2ccc(Br)cc2)c(C(=O)O)[nH]1. The van der Waals surface area contributed by atoms with Crippen molar-refractivity contribution in [1.82, 2.24) is 9.97 Å². The smallest absolute Gasteiger partial charge is 0.354 e. The van der Waals surface area contributed by atoms with Crippen LogP contribution in [0.5, 0.6) is 0 Å². The van der Waals surface area contributed by atoms with Crippen molar-refractivity contribution in [3.05, 3.63) is 34.4 Å². The van der Waals surface area contributed by atoms with Gasteiger partial charge < -0.3 is 10.1 Å². The second-order valence-electron chi connectivity index (χ2n) is 3.28. The van der Waals surface area contributed by atoms with Gasteiger partial charge in [0.15, 0.2) is 10.9 Å². The maximum atomic E-state index is 11.1. The Morgan fingerprint density at radius 1 is 1.41 bits per heavy atom. The van der Waals surface area contributed by atoms with Gasteiger partial charge in [0.05, 0.1) is 0 Å². The Bertz CT molecular complexity index is 551. The summed E-state index contributed by atoms with van der Waals surface area (Å²) in [5.74, 6) is -1.00. The lowest BCUT2D eigenvalue weighted by molar-refractivity contribution is 0.0691. The predicted octanol–water partition coefficient (Wildman–Crippen LogP) is 3.26. The van der Waals surface area contributed by atoms with Crippen LogP contribution in [0.2, 0.25) is 0 Å². The van der Waals surface area contributed by atoms with Crippen LogP contribution < -0.4 is 0 Å². The van der Waals surface area contributed by atoms with Gasteiger partial charge in [-0.15, -0.1) is 0 Å². The highest BCUT2D eigenvalue weighted by Crippen LogP contribution is 2.26. The van der Waals surface area contributed by atoms with E-state index >= 15 is 0 Å². The Hall–Kier alpha value is -1.27. The molecule has 6 heteroatoms. The molecule has 17 heavy (non-hydrogen) atoms. The molecule has 0 atom stereocenters. The number of hydrogen-bond acceptors (Lipinski definition) is 3. The van der Waals surface area contributed by atoms with E-state index in [2.05, 4.69) is 25.9 Å². The Labute approximate surface area is 111 Å². The number of aromatic carboxylic acids is 1. The van der Waals surface area contributed by atoms with Crippen LogP contribution in [0.3, 0.4) is 0 Å². The van der Waals surface area contributed by atoms with Crippen LogP contribution in [0.15, 0.2) is 33.9 Å². The fourth-order valence-electron chi connectivity index (χ4n) is 1.42. The van der Waals surface area contributed by atoms with Crippen LogP contribution in [0.4, 0.5) is 0 Å². The van der Waals surface area contributed by atoms with Crippen molar-refractivity contribution < 1.29 is 9.90 Å². The zero-order valence-electron chi connectivity index (χ0n) is 8.90. The predicted molar refractivity (Wildman–Crippen MR) is 70.5 cm³/mol. The minimum atomic E-state index is -1.00. The first-order chi connectivity index (χ1) is 8.11. The van der Waals surface area contributed by atoms with E-state index in [1.54, 1.807) is 0 Å².